The highest BCUT2D eigenvalue weighted by molar-refractivity contribution is 6.09. The second-order valence-corrected chi connectivity index (χ2v) is 13.0. The lowest BCUT2D eigenvalue weighted by molar-refractivity contribution is -0.142. The summed E-state index contributed by atoms with van der Waals surface area (Å²) in [6.07, 6.45) is 1.64. The van der Waals surface area contributed by atoms with E-state index in [1.807, 2.05) is 42.5 Å². The lowest BCUT2D eigenvalue weighted by atomic mass is 9.87. The van der Waals surface area contributed by atoms with Crippen molar-refractivity contribution in [3.63, 3.8) is 0 Å². The van der Waals surface area contributed by atoms with Crippen LogP contribution in [-0.4, -0.2) is 30.0 Å². The van der Waals surface area contributed by atoms with Crippen LogP contribution >= 0.6 is 0 Å². The molecule has 1 aromatic heterocycles. The van der Waals surface area contributed by atoms with E-state index < -0.39 is 23.7 Å². The molecule has 0 spiro atoms. The van der Waals surface area contributed by atoms with Gasteiger partial charge in [0.05, 0.1) is 7.11 Å². The second-order valence-electron chi connectivity index (χ2n) is 13.0. The fraction of sp³-hybridized carbons (Fsp3) is 0.167. The van der Waals surface area contributed by atoms with Crippen LogP contribution < -0.4 is 14.4 Å². The highest BCUT2D eigenvalue weighted by Crippen LogP contribution is 2.30. The molecule has 0 bridgehead atoms. The lowest BCUT2D eigenvalue weighted by Crippen LogP contribution is -2.47. The van der Waals surface area contributed by atoms with E-state index in [9.17, 15) is 18.4 Å². The molecule has 51 heavy (non-hydrogen) atoms. The molecule has 0 aliphatic heterocycles. The van der Waals surface area contributed by atoms with Gasteiger partial charge in [-0.05, 0) is 113 Å². The van der Waals surface area contributed by atoms with Gasteiger partial charge < -0.3 is 14.2 Å². The number of carbonyl (C=O) groups is 2. The number of hydrogen-bond acceptors (Lipinski definition) is 6. The Balaban J connectivity index is 1.27. The van der Waals surface area contributed by atoms with Gasteiger partial charge in [0.2, 0.25) is 0 Å². The first-order valence-corrected chi connectivity index (χ1v) is 16.3. The number of carbonyl (C=O) groups excluding carboxylic acids is 2. The third-order valence-electron chi connectivity index (χ3n) is 8.38. The summed E-state index contributed by atoms with van der Waals surface area (Å²) in [6, 6.07) is 31.8. The minimum atomic E-state index is -1.13. The molecule has 6 aromatic rings. The number of aromatic nitrogens is 1. The maximum atomic E-state index is 14.3. The van der Waals surface area contributed by atoms with Crippen molar-refractivity contribution >= 4 is 28.3 Å². The quantitative estimate of drug-likeness (QED) is 0.134. The van der Waals surface area contributed by atoms with Gasteiger partial charge in [-0.25, -0.2) is 13.6 Å². The number of nitrogens with zero attached hydrogens (tertiary/aromatic N) is 2. The van der Waals surface area contributed by atoms with Crippen LogP contribution in [0.1, 0.15) is 42.4 Å². The van der Waals surface area contributed by atoms with Crippen LogP contribution in [-0.2, 0) is 21.4 Å². The fourth-order valence-corrected chi connectivity index (χ4v) is 5.59. The summed E-state index contributed by atoms with van der Waals surface area (Å²) in [6.45, 7) is 6.46. The maximum Gasteiger partial charge on any atom is 0.329 e. The van der Waals surface area contributed by atoms with Crippen molar-refractivity contribution < 1.29 is 32.6 Å². The zero-order valence-electron chi connectivity index (χ0n) is 28.6. The third kappa shape index (κ3) is 8.38. The monoisotopic (exact) mass is 686 g/mol. The molecule has 258 valence electrons. The Labute approximate surface area is 295 Å². The second kappa shape index (κ2) is 14.8. The van der Waals surface area contributed by atoms with E-state index in [-0.39, 0.29) is 29.0 Å². The van der Waals surface area contributed by atoms with Crippen molar-refractivity contribution in [3.05, 3.63) is 156 Å². The molecule has 9 heteroatoms. The maximum absolute atomic E-state index is 14.3. The molecule has 0 radical (unpaired) electrons. The van der Waals surface area contributed by atoms with Gasteiger partial charge in [0.25, 0.3) is 5.91 Å². The lowest BCUT2D eigenvalue weighted by Gasteiger charge is -2.30. The van der Waals surface area contributed by atoms with Crippen molar-refractivity contribution in [1.82, 2.24) is 4.98 Å². The highest BCUT2D eigenvalue weighted by Gasteiger charge is 2.34. The molecule has 0 aliphatic carbocycles. The minimum Gasteiger partial charge on any atom is -0.467 e. The van der Waals surface area contributed by atoms with Gasteiger partial charge in [0.1, 0.15) is 46.4 Å². The molecule has 1 heterocycles. The van der Waals surface area contributed by atoms with Crippen LogP contribution in [0, 0.1) is 11.6 Å². The number of hydrogen-bond donors (Lipinski definition) is 0. The Kier molecular flexibility index (Phi) is 10.1. The number of esters is 1. The number of anilines is 1. The summed E-state index contributed by atoms with van der Waals surface area (Å²) >= 11 is 0. The van der Waals surface area contributed by atoms with E-state index >= 15 is 0 Å². The smallest absolute Gasteiger partial charge is 0.329 e. The van der Waals surface area contributed by atoms with Crippen LogP contribution in [0.2, 0.25) is 0 Å². The number of rotatable bonds is 10. The molecular formula is C42H36F2N2O5. The van der Waals surface area contributed by atoms with Gasteiger partial charge >= 0.3 is 5.97 Å². The van der Waals surface area contributed by atoms with E-state index in [2.05, 4.69) is 25.8 Å². The van der Waals surface area contributed by atoms with Crippen LogP contribution in [0.25, 0.3) is 10.8 Å². The fourth-order valence-electron chi connectivity index (χ4n) is 5.59. The molecular weight excluding hydrogens is 650 g/mol. The Bertz CT molecular complexity index is 2150. The predicted molar refractivity (Wildman–Crippen MR) is 193 cm³/mol. The summed E-state index contributed by atoms with van der Waals surface area (Å²) in [5.74, 6) is 0.154. The van der Waals surface area contributed by atoms with E-state index in [4.69, 9.17) is 14.2 Å². The highest BCUT2D eigenvalue weighted by atomic mass is 19.1. The molecule has 0 aliphatic rings. The van der Waals surface area contributed by atoms with E-state index in [0.717, 1.165) is 10.8 Å². The molecule has 6 rings (SSSR count). The van der Waals surface area contributed by atoms with Crippen LogP contribution in [0.4, 0.5) is 14.5 Å². The van der Waals surface area contributed by atoms with E-state index in [1.165, 1.54) is 66.1 Å². The van der Waals surface area contributed by atoms with Crippen molar-refractivity contribution in [2.75, 3.05) is 12.0 Å². The normalized spacial score (nSPS) is 11.9. The Morgan fingerprint density at radius 2 is 1.22 bits per heavy atom. The molecule has 0 saturated heterocycles. The minimum absolute atomic E-state index is 0.0274. The number of amides is 1. The van der Waals surface area contributed by atoms with Crippen LogP contribution in [0.5, 0.6) is 23.0 Å². The molecule has 1 atom stereocenters. The predicted octanol–water partition coefficient (Wildman–Crippen LogP) is 9.83. The van der Waals surface area contributed by atoms with Gasteiger partial charge in [-0.2, -0.15) is 0 Å². The first-order chi connectivity index (χ1) is 24.5. The molecule has 1 amide bonds. The number of pyridine rings is 1. The number of benzene rings is 5. The summed E-state index contributed by atoms with van der Waals surface area (Å²) in [5.41, 5.74) is 2.29. The summed E-state index contributed by atoms with van der Waals surface area (Å²) in [7, 11) is 1.25. The van der Waals surface area contributed by atoms with Crippen molar-refractivity contribution in [2.24, 2.45) is 0 Å². The van der Waals surface area contributed by atoms with Crippen LogP contribution in [0.15, 0.2) is 128 Å². The van der Waals surface area contributed by atoms with Crippen molar-refractivity contribution in [2.45, 2.75) is 38.6 Å². The van der Waals surface area contributed by atoms with Gasteiger partial charge in [-0.15, -0.1) is 0 Å². The van der Waals surface area contributed by atoms with Gasteiger partial charge in [0, 0.05) is 23.7 Å². The SMILES string of the molecule is COC(=O)[C@H](Cc1ccc(Oc2ccc(F)cc2)cc1)N(C(=O)c1cc2ccc(Oc3ccc(C(C)(C)C)cc3)cc2cn1)c1ccc(F)cc1. The Morgan fingerprint density at radius 1 is 0.686 bits per heavy atom. The van der Waals surface area contributed by atoms with E-state index in [1.54, 1.807) is 36.5 Å². The third-order valence-corrected chi connectivity index (χ3v) is 8.38. The zero-order chi connectivity index (χ0) is 36.1. The summed E-state index contributed by atoms with van der Waals surface area (Å²) in [4.78, 5) is 33.4. The molecule has 0 fully saturated rings. The number of methoxy groups -OCH3 is 1. The average molecular weight is 687 g/mol. The largest absolute Gasteiger partial charge is 0.467 e. The number of halogens is 2. The van der Waals surface area contributed by atoms with Crippen molar-refractivity contribution in [3.8, 4) is 23.0 Å². The molecule has 0 saturated carbocycles. The molecule has 5 aromatic carbocycles. The topological polar surface area (TPSA) is 78.0 Å². The number of fused-ring (bicyclic) bond motifs is 1. The zero-order valence-corrected chi connectivity index (χ0v) is 28.6. The van der Waals surface area contributed by atoms with Gasteiger partial charge in [0.15, 0.2) is 0 Å². The standard InChI is InChI=1S/C42H36F2N2O5/c1-42(2,3)30-8-19-35(20-9-30)51-37-18-7-28-25-38(45-26-29(28)24-37)40(47)46(33-14-10-31(43)11-15-33)39(41(48)49-4)23-27-5-16-34(17-6-27)50-36-21-12-32(44)13-22-36/h5-22,24-26,39H,23H2,1-4H3/t39-/m0/s1. The Morgan fingerprint density at radius 3 is 1.80 bits per heavy atom. The first kappa shape index (κ1) is 34.8. The van der Waals surface area contributed by atoms with Crippen LogP contribution in [0.3, 0.4) is 0 Å². The first-order valence-electron chi connectivity index (χ1n) is 16.3. The molecule has 0 unspecified atom stereocenters. The average Bonchev–Trinajstić information content (AvgIpc) is 3.13. The summed E-state index contributed by atoms with van der Waals surface area (Å²) in [5, 5.41) is 1.48. The van der Waals surface area contributed by atoms with Gasteiger partial charge in [-0.1, -0.05) is 51.1 Å². The Hall–Kier alpha value is -6.09. The molecule has 7 nitrogen and oxygen atoms in total. The molecule has 0 N–H and O–H groups in total. The number of ether oxygens (including phenoxy) is 3. The van der Waals surface area contributed by atoms with E-state index in [0.29, 0.717) is 28.6 Å². The van der Waals surface area contributed by atoms with Gasteiger partial charge in [-0.3, -0.25) is 14.7 Å². The summed E-state index contributed by atoms with van der Waals surface area (Å²) < 4.78 is 44.4. The van der Waals surface area contributed by atoms with Crippen molar-refractivity contribution in [1.29, 1.82) is 0 Å².